The normalized spacial score (nSPS) is 31.0. The predicted octanol–water partition coefficient (Wildman–Crippen LogP) is 2.98. The van der Waals surface area contributed by atoms with Gasteiger partial charge in [0.25, 0.3) is 0 Å². The number of pyridine rings is 1. The summed E-state index contributed by atoms with van der Waals surface area (Å²) in [6.45, 7) is 3.67. The van der Waals surface area contributed by atoms with Crippen LogP contribution in [0.2, 0.25) is 0 Å². The summed E-state index contributed by atoms with van der Waals surface area (Å²) in [5.74, 6) is 0.886. The van der Waals surface area contributed by atoms with Gasteiger partial charge >= 0.3 is 0 Å². The number of hydrogen-bond donors (Lipinski definition) is 1. The second-order valence-corrected chi connectivity index (χ2v) is 9.19. The lowest BCUT2D eigenvalue weighted by Crippen LogP contribution is -2.62. The van der Waals surface area contributed by atoms with E-state index in [0.29, 0.717) is 24.2 Å². The first-order valence-electron chi connectivity index (χ1n) is 9.89. The van der Waals surface area contributed by atoms with E-state index in [1.165, 1.54) is 36.9 Å². The van der Waals surface area contributed by atoms with Crippen LogP contribution in [0.4, 0.5) is 0 Å². The van der Waals surface area contributed by atoms with Gasteiger partial charge in [-0.25, -0.2) is 4.52 Å². The van der Waals surface area contributed by atoms with Gasteiger partial charge in [-0.15, -0.1) is 0 Å². The van der Waals surface area contributed by atoms with Gasteiger partial charge in [-0.1, -0.05) is 6.07 Å². The molecule has 2 aromatic rings. The van der Waals surface area contributed by atoms with Gasteiger partial charge < -0.3 is 10.0 Å². The van der Waals surface area contributed by atoms with Crippen LogP contribution in [0.25, 0.3) is 5.52 Å². The van der Waals surface area contributed by atoms with Crippen LogP contribution < -0.4 is 0 Å². The van der Waals surface area contributed by atoms with Crippen molar-refractivity contribution in [2.45, 2.75) is 57.0 Å². The van der Waals surface area contributed by atoms with Gasteiger partial charge in [0, 0.05) is 42.2 Å². The molecule has 0 bridgehead atoms. The fourth-order valence-electron chi connectivity index (χ4n) is 5.48. The largest absolute Gasteiger partial charge is 0.390 e. The van der Waals surface area contributed by atoms with Gasteiger partial charge in [-0.05, 0) is 63.6 Å². The van der Waals surface area contributed by atoms with Gasteiger partial charge in [-0.2, -0.15) is 5.10 Å². The standard InChI is InChI=1S/C21H27N3O2/c1-20(26)11-16(12-20)19(25)23-13-21(14-23)8-5-15(6-9-21)18-4-2-3-17-7-10-22-24(17)18/h2-4,7,10,15-16,26H,5-6,8-9,11-14H2,1H3/t16-,20+. The zero-order valence-electron chi connectivity index (χ0n) is 15.4. The predicted molar refractivity (Wildman–Crippen MR) is 98.8 cm³/mol. The monoisotopic (exact) mass is 353 g/mol. The molecule has 1 spiro atoms. The van der Waals surface area contributed by atoms with E-state index in [9.17, 15) is 9.90 Å². The number of aromatic nitrogens is 2. The molecule has 1 N–H and O–H groups in total. The van der Waals surface area contributed by atoms with Crippen LogP contribution in [0.1, 0.15) is 57.1 Å². The summed E-state index contributed by atoms with van der Waals surface area (Å²) in [7, 11) is 0. The molecule has 2 aromatic heterocycles. The smallest absolute Gasteiger partial charge is 0.225 e. The van der Waals surface area contributed by atoms with Crippen LogP contribution in [-0.4, -0.2) is 44.2 Å². The highest BCUT2D eigenvalue weighted by Gasteiger charge is 2.51. The summed E-state index contributed by atoms with van der Waals surface area (Å²) < 4.78 is 2.09. The Balaban J connectivity index is 1.20. The second-order valence-electron chi connectivity index (χ2n) is 9.19. The van der Waals surface area contributed by atoms with E-state index in [1.54, 1.807) is 0 Å². The van der Waals surface area contributed by atoms with Gasteiger partial charge in [-0.3, -0.25) is 4.79 Å². The number of likely N-dealkylation sites (tertiary alicyclic amines) is 1. The molecule has 138 valence electrons. The second kappa shape index (κ2) is 5.56. The Kier molecular flexibility index (Phi) is 3.48. The molecule has 1 saturated heterocycles. The molecule has 3 heterocycles. The maximum atomic E-state index is 12.5. The number of amides is 1. The third kappa shape index (κ3) is 2.56. The number of carbonyl (C=O) groups is 1. The average Bonchev–Trinajstić information content (AvgIpc) is 3.06. The number of aliphatic hydroxyl groups is 1. The van der Waals surface area contributed by atoms with E-state index >= 15 is 0 Å². The Labute approximate surface area is 154 Å². The molecule has 2 saturated carbocycles. The van der Waals surface area contributed by atoms with Crippen molar-refractivity contribution in [3.05, 3.63) is 36.2 Å². The third-order valence-corrected chi connectivity index (χ3v) is 7.00. The van der Waals surface area contributed by atoms with Crippen molar-refractivity contribution < 1.29 is 9.90 Å². The van der Waals surface area contributed by atoms with Crippen LogP contribution >= 0.6 is 0 Å². The van der Waals surface area contributed by atoms with Crippen molar-refractivity contribution >= 4 is 11.4 Å². The van der Waals surface area contributed by atoms with Gasteiger partial charge in [0.15, 0.2) is 0 Å². The first-order chi connectivity index (χ1) is 12.4. The lowest BCUT2D eigenvalue weighted by Gasteiger charge is -2.55. The highest BCUT2D eigenvalue weighted by Crippen LogP contribution is 2.49. The molecule has 3 fully saturated rings. The summed E-state index contributed by atoms with van der Waals surface area (Å²) in [4.78, 5) is 14.6. The molecule has 1 aliphatic heterocycles. The highest BCUT2D eigenvalue weighted by atomic mass is 16.3. The van der Waals surface area contributed by atoms with Crippen LogP contribution in [0.15, 0.2) is 30.5 Å². The molecule has 0 aromatic carbocycles. The summed E-state index contributed by atoms with van der Waals surface area (Å²) in [5, 5.41) is 14.4. The SMILES string of the molecule is C[C@]1(O)C[C@@H](C(=O)N2CC3(CCC(c4cccc5ccnn45)CC3)C2)C1. The molecule has 5 nitrogen and oxygen atoms in total. The summed E-state index contributed by atoms with van der Waals surface area (Å²) >= 11 is 0. The third-order valence-electron chi connectivity index (χ3n) is 7.00. The van der Waals surface area contributed by atoms with Crippen molar-refractivity contribution in [2.75, 3.05) is 13.1 Å². The Bertz CT molecular complexity index is 832. The molecule has 0 radical (unpaired) electrons. The molecule has 0 unspecified atom stereocenters. The maximum absolute atomic E-state index is 12.5. The first kappa shape index (κ1) is 16.3. The highest BCUT2D eigenvalue weighted by molar-refractivity contribution is 5.81. The van der Waals surface area contributed by atoms with Crippen molar-refractivity contribution in [3.63, 3.8) is 0 Å². The van der Waals surface area contributed by atoms with Gasteiger partial charge in [0.2, 0.25) is 5.91 Å². The summed E-state index contributed by atoms with van der Waals surface area (Å²) in [5.41, 5.74) is 2.22. The molecule has 2 aliphatic carbocycles. The summed E-state index contributed by atoms with van der Waals surface area (Å²) in [6, 6.07) is 8.50. The Hall–Kier alpha value is -1.88. The topological polar surface area (TPSA) is 57.8 Å². The number of rotatable bonds is 2. The minimum absolute atomic E-state index is 0.0520. The zero-order chi connectivity index (χ0) is 17.9. The van der Waals surface area contributed by atoms with Crippen molar-refractivity contribution in [1.29, 1.82) is 0 Å². The molecule has 0 atom stereocenters. The number of nitrogens with zero attached hydrogens (tertiary/aromatic N) is 3. The molecule has 26 heavy (non-hydrogen) atoms. The molecular formula is C21H27N3O2. The minimum atomic E-state index is -0.617. The van der Waals surface area contributed by atoms with Gasteiger partial charge in [0.1, 0.15) is 0 Å². The van der Waals surface area contributed by atoms with E-state index < -0.39 is 5.60 Å². The van der Waals surface area contributed by atoms with E-state index in [1.807, 2.05) is 18.0 Å². The quantitative estimate of drug-likeness (QED) is 0.903. The van der Waals surface area contributed by atoms with E-state index in [2.05, 4.69) is 33.9 Å². The van der Waals surface area contributed by atoms with E-state index in [0.717, 1.165) is 13.1 Å². The zero-order valence-corrected chi connectivity index (χ0v) is 15.4. The molecule has 3 aliphatic rings. The Morgan fingerprint density at radius 2 is 1.92 bits per heavy atom. The van der Waals surface area contributed by atoms with Crippen molar-refractivity contribution in [1.82, 2.24) is 14.5 Å². The van der Waals surface area contributed by atoms with E-state index in [-0.39, 0.29) is 11.8 Å². The minimum Gasteiger partial charge on any atom is -0.390 e. The van der Waals surface area contributed by atoms with Crippen LogP contribution in [0.5, 0.6) is 0 Å². The van der Waals surface area contributed by atoms with Crippen molar-refractivity contribution in [2.24, 2.45) is 11.3 Å². The maximum Gasteiger partial charge on any atom is 0.225 e. The molecule has 1 amide bonds. The first-order valence-corrected chi connectivity index (χ1v) is 9.89. The van der Waals surface area contributed by atoms with Crippen LogP contribution in [0.3, 0.4) is 0 Å². The average molecular weight is 353 g/mol. The van der Waals surface area contributed by atoms with Crippen molar-refractivity contribution in [3.8, 4) is 0 Å². The number of hydrogen-bond acceptors (Lipinski definition) is 3. The fraction of sp³-hybridized carbons (Fsp3) is 0.619. The lowest BCUT2D eigenvalue weighted by atomic mass is 9.64. The van der Waals surface area contributed by atoms with Crippen LogP contribution in [-0.2, 0) is 4.79 Å². The van der Waals surface area contributed by atoms with Gasteiger partial charge in [0.05, 0.1) is 11.1 Å². The number of carbonyl (C=O) groups excluding carboxylic acids is 1. The Morgan fingerprint density at radius 3 is 2.62 bits per heavy atom. The molecular weight excluding hydrogens is 326 g/mol. The summed E-state index contributed by atoms with van der Waals surface area (Å²) in [6.07, 6.45) is 7.88. The Morgan fingerprint density at radius 1 is 1.19 bits per heavy atom. The number of fused-ring (bicyclic) bond motifs is 1. The molecule has 5 rings (SSSR count). The van der Waals surface area contributed by atoms with Crippen LogP contribution in [0, 0.1) is 11.3 Å². The molecule has 5 heteroatoms. The lowest BCUT2D eigenvalue weighted by molar-refractivity contribution is -0.163. The fourth-order valence-corrected chi connectivity index (χ4v) is 5.48. The van der Waals surface area contributed by atoms with E-state index in [4.69, 9.17) is 0 Å².